The van der Waals surface area contributed by atoms with Crippen LogP contribution < -0.4 is 5.32 Å². The van der Waals surface area contributed by atoms with Gasteiger partial charge in [-0.15, -0.1) is 0 Å². The van der Waals surface area contributed by atoms with E-state index >= 15 is 0 Å². The minimum atomic E-state index is -0.934. The summed E-state index contributed by atoms with van der Waals surface area (Å²) >= 11 is 0. The van der Waals surface area contributed by atoms with Gasteiger partial charge in [-0.25, -0.2) is 0 Å². The molecule has 3 aliphatic carbocycles. The van der Waals surface area contributed by atoms with Gasteiger partial charge in [-0.05, 0) is 135 Å². The second-order valence-corrected chi connectivity index (χ2v) is 21.7. The van der Waals surface area contributed by atoms with E-state index in [1.807, 2.05) is 12.3 Å². The first-order valence-electron chi connectivity index (χ1n) is 19.3. The Morgan fingerprint density at radius 1 is 1.06 bits per heavy atom. The number of hydrogen-bond donors (Lipinski definition) is 1. The number of aryl methyl sites for hydroxylation is 1. The number of nitrogens with one attached hydrogen (secondary N) is 1. The van der Waals surface area contributed by atoms with Crippen LogP contribution in [0.4, 0.5) is 0 Å². The molecule has 1 aromatic heterocycles. The highest BCUT2D eigenvalue weighted by atomic mass is 28.3. The molecule has 6 heteroatoms. The van der Waals surface area contributed by atoms with Crippen LogP contribution in [-0.4, -0.2) is 56.6 Å². The number of carbonyl (C=O) groups is 1. The van der Waals surface area contributed by atoms with Crippen LogP contribution in [0, 0.1) is 28.6 Å². The lowest BCUT2D eigenvalue weighted by Crippen LogP contribution is -2.58. The van der Waals surface area contributed by atoms with Crippen molar-refractivity contribution < 1.29 is 9.22 Å². The van der Waals surface area contributed by atoms with E-state index in [4.69, 9.17) is 4.43 Å². The van der Waals surface area contributed by atoms with Crippen LogP contribution in [0.2, 0.25) is 10.6 Å². The van der Waals surface area contributed by atoms with Gasteiger partial charge in [-0.3, -0.25) is 9.78 Å². The molecule has 0 bridgehead atoms. The highest BCUT2D eigenvalue weighted by Crippen LogP contribution is 2.65. The molecule has 263 valence electrons. The lowest BCUT2D eigenvalue weighted by molar-refractivity contribution is -0.144. The quantitative estimate of drug-likeness (QED) is 0.189. The summed E-state index contributed by atoms with van der Waals surface area (Å²) in [6, 6.07) is 6.51. The van der Waals surface area contributed by atoms with Gasteiger partial charge in [0, 0.05) is 37.4 Å². The third-order valence-electron chi connectivity index (χ3n) is 13.1. The number of hydrogen-bond acceptors (Lipinski definition) is 4. The molecule has 5 rings (SSSR count). The van der Waals surface area contributed by atoms with E-state index in [1.54, 1.807) is 11.1 Å². The summed E-state index contributed by atoms with van der Waals surface area (Å²) < 4.78 is 7.21. The number of nitrogens with zero attached hydrogens (tertiary/aromatic N) is 2. The van der Waals surface area contributed by atoms with Crippen LogP contribution in [0.25, 0.3) is 0 Å². The first-order valence-corrected chi connectivity index (χ1v) is 20.8. The maximum atomic E-state index is 13.3. The molecular formula is C41H68N3O2Si. The normalized spacial score (nSPS) is 30.4. The summed E-state index contributed by atoms with van der Waals surface area (Å²) in [5.74, 6) is 2.36. The average Bonchev–Trinajstić information content (AvgIpc) is 3.00. The number of aromatic nitrogens is 1. The molecule has 1 N–H and O–H groups in total. The van der Waals surface area contributed by atoms with Crippen molar-refractivity contribution in [2.24, 2.45) is 28.6 Å². The van der Waals surface area contributed by atoms with Gasteiger partial charge >= 0.3 is 0 Å². The van der Waals surface area contributed by atoms with Gasteiger partial charge in [0.15, 0.2) is 0 Å². The molecule has 0 spiro atoms. The van der Waals surface area contributed by atoms with Crippen LogP contribution in [-0.2, 0) is 15.6 Å². The third kappa shape index (κ3) is 8.45. The topological polar surface area (TPSA) is 54.5 Å². The van der Waals surface area contributed by atoms with Crippen LogP contribution in [0.5, 0.6) is 0 Å². The molecule has 5 atom stereocenters. The number of rotatable bonds is 11. The number of pyridine rings is 1. The van der Waals surface area contributed by atoms with Gasteiger partial charge in [0.1, 0.15) is 0 Å². The maximum Gasteiger partial charge on any atom is 0.220 e. The highest BCUT2D eigenvalue weighted by molar-refractivity contribution is 6.56. The van der Waals surface area contributed by atoms with Gasteiger partial charge in [0.05, 0.1) is 6.10 Å². The number of piperidine rings is 1. The van der Waals surface area contributed by atoms with Crippen molar-refractivity contribution in [1.82, 2.24) is 15.2 Å². The third-order valence-corrected chi connectivity index (χ3v) is 16.2. The second kappa shape index (κ2) is 15.2. The number of amides is 1. The molecule has 4 aliphatic rings. The molecule has 1 aromatic rings. The first-order chi connectivity index (χ1) is 22.2. The summed E-state index contributed by atoms with van der Waals surface area (Å²) in [5, 5.41) is 3.69. The molecular weight excluding hydrogens is 595 g/mol. The molecule has 1 saturated heterocycles. The standard InChI is InChI=1S/C41H68N3O2Si/c1-29(2)47(39(4,5)6)46-37-21-24-41(9)35-18-15-30(3)33(34(35)16-19-36(41)40(37,7)8)17-20-38(45)43-32-22-27-44(28-23-32)26-12-14-31-13-10-11-25-42-31/h10-11,13,25,29,32,34-37H,12,14-24,26-28H2,1-9H3,(H,43,45)/t34?,35?,36?,37-,41+/m0/s1. The van der Waals surface area contributed by atoms with E-state index in [-0.39, 0.29) is 16.4 Å². The number of likely N-dealkylation sites (tertiary alicyclic amines) is 1. The lowest BCUT2D eigenvalue weighted by atomic mass is 9.43. The largest absolute Gasteiger partial charge is 0.412 e. The van der Waals surface area contributed by atoms with Crippen molar-refractivity contribution in [3.8, 4) is 0 Å². The molecule has 1 radical (unpaired) electrons. The summed E-state index contributed by atoms with van der Waals surface area (Å²) in [7, 11) is -0.934. The Hall–Kier alpha value is -1.50. The van der Waals surface area contributed by atoms with Crippen molar-refractivity contribution in [2.45, 2.75) is 162 Å². The van der Waals surface area contributed by atoms with Crippen LogP contribution in [0.3, 0.4) is 0 Å². The molecule has 1 amide bonds. The Morgan fingerprint density at radius 3 is 2.47 bits per heavy atom. The number of carbonyl (C=O) groups excluding carboxylic acids is 1. The van der Waals surface area contributed by atoms with Crippen LogP contribution in [0.15, 0.2) is 35.5 Å². The molecule has 47 heavy (non-hydrogen) atoms. The van der Waals surface area contributed by atoms with E-state index in [0.29, 0.717) is 41.4 Å². The van der Waals surface area contributed by atoms with Crippen molar-refractivity contribution >= 4 is 14.9 Å². The van der Waals surface area contributed by atoms with Crippen molar-refractivity contribution in [3.63, 3.8) is 0 Å². The monoisotopic (exact) mass is 663 g/mol. The molecule has 5 nitrogen and oxygen atoms in total. The number of fused-ring (bicyclic) bond motifs is 3. The van der Waals surface area contributed by atoms with Gasteiger partial charge in [0.25, 0.3) is 0 Å². The second-order valence-electron chi connectivity index (χ2n) is 18.0. The highest BCUT2D eigenvalue weighted by Gasteiger charge is 2.59. The maximum absolute atomic E-state index is 13.3. The summed E-state index contributed by atoms with van der Waals surface area (Å²) in [4.78, 5) is 20.3. The predicted octanol–water partition coefficient (Wildman–Crippen LogP) is 9.54. The van der Waals surface area contributed by atoms with E-state index < -0.39 is 9.04 Å². The van der Waals surface area contributed by atoms with Crippen LogP contribution in [0.1, 0.15) is 139 Å². The Bertz CT molecular complexity index is 1210. The fourth-order valence-electron chi connectivity index (χ4n) is 10.8. The fourth-order valence-corrected chi connectivity index (χ4v) is 13.9. The zero-order valence-electron chi connectivity index (χ0n) is 31.6. The van der Waals surface area contributed by atoms with Crippen molar-refractivity contribution in [2.75, 3.05) is 19.6 Å². The zero-order valence-corrected chi connectivity index (χ0v) is 32.6. The van der Waals surface area contributed by atoms with E-state index in [2.05, 4.69) is 89.6 Å². The van der Waals surface area contributed by atoms with Gasteiger partial charge in [0.2, 0.25) is 14.9 Å². The minimum Gasteiger partial charge on any atom is -0.412 e. The molecule has 2 saturated carbocycles. The molecule has 3 unspecified atom stereocenters. The lowest BCUT2D eigenvalue weighted by Gasteiger charge is -2.63. The number of allylic oxidation sites excluding steroid dienone is 2. The first kappa shape index (κ1) is 36.8. The molecule has 3 fully saturated rings. The van der Waals surface area contributed by atoms with Gasteiger partial charge < -0.3 is 14.6 Å². The average molecular weight is 663 g/mol. The van der Waals surface area contributed by atoms with Crippen LogP contribution >= 0.6 is 0 Å². The minimum absolute atomic E-state index is 0.193. The fraction of sp³-hybridized carbons (Fsp3) is 0.805. The van der Waals surface area contributed by atoms with Gasteiger partial charge in [-0.2, -0.15) is 0 Å². The molecule has 1 aliphatic heterocycles. The Labute approximate surface area is 290 Å². The summed E-state index contributed by atoms with van der Waals surface area (Å²) in [6.45, 7) is 25.3. The molecule has 2 heterocycles. The van der Waals surface area contributed by atoms with Crippen molar-refractivity contribution in [1.29, 1.82) is 0 Å². The van der Waals surface area contributed by atoms with E-state index in [0.717, 1.165) is 57.7 Å². The van der Waals surface area contributed by atoms with E-state index in [1.165, 1.54) is 44.2 Å². The summed E-state index contributed by atoms with van der Waals surface area (Å²) in [6.07, 6.45) is 15.8. The Balaban J connectivity index is 1.12. The molecule has 0 aromatic carbocycles. The van der Waals surface area contributed by atoms with Gasteiger partial charge in [-0.1, -0.05) is 72.6 Å². The Morgan fingerprint density at radius 2 is 1.81 bits per heavy atom. The van der Waals surface area contributed by atoms with E-state index in [9.17, 15) is 4.79 Å². The zero-order chi connectivity index (χ0) is 34.0. The van der Waals surface area contributed by atoms with Crippen molar-refractivity contribution in [3.05, 3.63) is 41.2 Å². The Kier molecular flexibility index (Phi) is 11.9. The predicted molar refractivity (Wildman–Crippen MR) is 198 cm³/mol. The smallest absolute Gasteiger partial charge is 0.220 e. The summed E-state index contributed by atoms with van der Waals surface area (Å²) in [5.41, 5.74) is 5.59. The SMILES string of the molecule is CC1=C(CCC(=O)NC2CCN(CCCc3ccccn3)CC2)C2CCC3C(C)(C)[C@@H](O[Si](C(C)C)C(C)(C)C)CC[C@]3(C)C2CC1.